The molecule has 1 aromatic heterocycles. The minimum atomic E-state index is -0.138. The van der Waals surface area contributed by atoms with E-state index in [2.05, 4.69) is 34.6 Å². The van der Waals surface area contributed by atoms with Crippen LogP contribution < -0.4 is 16.8 Å². The maximum Gasteiger partial charge on any atom is 0.267 e. The zero-order valence-electron chi connectivity index (χ0n) is 14.2. The first kappa shape index (κ1) is 17.2. The monoisotopic (exact) mass is 336 g/mol. The van der Waals surface area contributed by atoms with Crippen molar-refractivity contribution in [1.29, 1.82) is 0 Å². The topological polar surface area (TPSA) is 96.9 Å². The second-order valence-corrected chi connectivity index (χ2v) is 6.25. The van der Waals surface area contributed by atoms with E-state index >= 15 is 0 Å². The molecule has 130 valence electrons. The van der Waals surface area contributed by atoms with E-state index in [0.29, 0.717) is 18.8 Å². The van der Waals surface area contributed by atoms with Crippen molar-refractivity contribution < 1.29 is 4.79 Å². The summed E-state index contributed by atoms with van der Waals surface area (Å²) < 4.78 is 0. The zero-order chi connectivity index (χ0) is 17.6. The fourth-order valence-corrected chi connectivity index (χ4v) is 2.86. The van der Waals surface area contributed by atoms with Gasteiger partial charge in [-0.2, -0.15) is 0 Å². The predicted molar refractivity (Wildman–Crippen MR) is 102 cm³/mol. The Morgan fingerprint density at radius 1 is 1.08 bits per heavy atom. The zero-order valence-corrected chi connectivity index (χ0v) is 14.2. The molecule has 1 atom stereocenters. The number of aromatic nitrogens is 1. The van der Waals surface area contributed by atoms with Gasteiger partial charge < -0.3 is 21.8 Å². The lowest BCUT2D eigenvalue weighted by Crippen LogP contribution is -2.37. The number of amides is 1. The normalized spacial score (nSPS) is 12.2. The van der Waals surface area contributed by atoms with Crippen LogP contribution in [0.5, 0.6) is 0 Å². The van der Waals surface area contributed by atoms with Gasteiger partial charge >= 0.3 is 0 Å². The molecule has 0 saturated heterocycles. The van der Waals surface area contributed by atoms with Crippen LogP contribution in [0.15, 0.2) is 54.6 Å². The highest BCUT2D eigenvalue weighted by Gasteiger charge is 2.11. The smallest absolute Gasteiger partial charge is 0.267 e. The molecule has 0 unspecified atom stereocenters. The maximum atomic E-state index is 12.3. The molecule has 5 heteroatoms. The number of carbonyl (C=O) groups is 1. The molecule has 0 fully saturated rings. The summed E-state index contributed by atoms with van der Waals surface area (Å²) in [4.78, 5) is 15.5. The van der Waals surface area contributed by atoms with Gasteiger partial charge in [0.1, 0.15) is 5.69 Å². The van der Waals surface area contributed by atoms with Crippen molar-refractivity contribution in [3.63, 3.8) is 0 Å². The van der Waals surface area contributed by atoms with Gasteiger partial charge in [-0.15, -0.1) is 0 Å². The van der Waals surface area contributed by atoms with E-state index in [4.69, 9.17) is 11.5 Å². The summed E-state index contributed by atoms with van der Waals surface area (Å²) in [5.41, 5.74) is 15.2. The van der Waals surface area contributed by atoms with Crippen LogP contribution in [-0.4, -0.2) is 30.0 Å². The van der Waals surface area contributed by atoms with Gasteiger partial charge in [0, 0.05) is 23.5 Å². The van der Waals surface area contributed by atoms with Gasteiger partial charge in [-0.1, -0.05) is 42.5 Å². The molecule has 3 aromatic rings. The van der Waals surface area contributed by atoms with Gasteiger partial charge in [-0.25, -0.2) is 0 Å². The predicted octanol–water partition coefficient (Wildman–Crippen LogP) is 2.63. The van der Waals surface area contributed by atoms with Crippen LogP contribution in [0, 0.1) is 0 Å². The van der Waals surface area contributed by atoms with Gasteiger partial charge in [0.05, 0.1) is 0 Å². The van der Waals surface area contributed by atoms with E-state index in [0.717, 1.165) is 34.9 Å². The highest BCUT2D eigenvalue weighted by molar-refractivity contribution is 5.98. The van der Waals surface area contributed by atoms with E-state index < -0.39 is 0 Å². The molecule has 5 nitrogen and oxygen atoms in total. The Hall–Kier alpha value is -2.63. The number of carbonyl (C=O) groups excluding carboxylic acids is 1. The molecule has 2 aromatic carbocycles. The average Bonchev–Trinajstić information content (AvgIpc) is 3.08. The summed E-state index contributed by atoms with van der Waals surface area (Å²) >= 11 is 0. The van der Waals surface area contributed by atoms with Gasteiger partial charge in [-0.3, -0.25) is 4.79 Å². The number of benzene rings is 2. The standard InChI is InChI=1S/C20H24N4O/c21-10-4-7-17(22)13-23-20(25)19-12-16-9-8-15(11-18(16)24-19)14-5-2-1-3-6-14/h1-3,5-6,8-9,11-12,17,24H,4,7,10,13,21-22H2,(H,23,25)/t17-/m1/s1. The number of hydrogen-bond donors (Lipinski definition) is 4. The molecule has 0 aliphatic heterocycles. The van der Waals surface area contributed by atoms with Crippen molar-refractivity contribution in [2.45, 2.75) is 18.9 Å². The molecule has 25 heavy (non-hydrogen) atoms. The van der Waals surface area contributed by atoms with Gasteiger partial charge in [-0.05, 0) is 42.6 Å². The van der Waals surface area contributed by atoms with E-state index in [-0.39, 0.29) is 11.9 Å². The summed E-state index contributed by atoms with van der Waals surface area (Å²) in [6, 6.07) is 18.1. The lowest BCUT2D eigenvalue weighted by Gasteiger charge is -2.11. The number of hydrogen-bond acceptors (Lipinski definition) is 3. The van der Waals surface area contributed by atoms with Crippen LogP contribution in [0.1, 0.15) is 23.3 Å². The first-order chi connectivity index (χ1) is 12.2. The van der Waals surface area contributed by atoms with E-state index in [1.54, 1.807) is 0 Å². The number of nitrogens with one attached hydrogen (secondary N) is 2. The van der Waals surface area contributed by atoms with Crippen molar-refractivity contribution in [3.8, 4) is 11.1 Å². The summed E-state index contributed by atoms with van der Waals surface area (Å²) in [7, 11) is 0. The second-order valence-electron chi connectivity index (χ2n) is 6.25. The molecule has 0 aliphatic rings. The first-order valence-corrected chi connectivity index (χ1v) is 8.59. The molecule has 3 rings (SSSR count). The third-order valence-electron chi connectivity index (χ3n) is 4.28. The minimum absolute atomic E-state index is 0.0680. The summed E-state index contributed by atoms with van der Waals surface area (Å²) in [5.74, 6) is -0.138. The first-order valence-electron chi connectivity index (χ1n) is 8.59. The van der Waals surface area contributed by atoms with Gasteiger partial charge in [0.2, 0.25) is 0 Å². The number of aromatic amines is 1. The minimum Gasteiger partial charge on any atom is -0.351 e. The molecule has 6 N–H and O–H groups in total. The Balaban J connectivity index is 1.71. The molecule has 0 spiro atoms. The van der Waals surface area contributed by atoms with Crippen LogP contribution in [0.25, 0.3) is 22.0 Å². The SMILES string of the molecule is NCCC[C@@H](N)CNC(=O)c1cc2ccc(-c3ccccc3)cc2[nH]1. The van der Waals surface area contributed by atoms with Crippen molar-refractivity contribution in [3.05, 3.63) is 60.3 Å². The number of nitrogens with two attached hydrogens (primary N) is 2. The molecule has 0 bridgehead atoms. The van der Waals surface area contributed by atoms with E-state index in [9.17, 15) is 4.79 Å². The van der Waals surface area contributed by atoms with E-state index in [1.807, 2.05) is 30.3 Å². The number of H-pyrrole nitrogens is 1. The fraction of sp³-hybridized carbons (Fsp3) is 0.250. The van der Waals surface area contributed by atoms with E-state index in [1.165, 1.54) is 0 Å². The molecule has 0 aliphatic carbocycles. The molecule has 1 heterocycles. The molecule has 1 amide bonds. The summed E-state index contributed by atoms with van der Waals surface area (Å²) in [6.45, 7) is 1.07. The lowest BCUT2D eigenvalue weighted by molar-refractivity contribution is 0.0946. The highest BCUT2D eigenvalue weighted by Crippen LogP contribution is 2.24. The van der Waals surface area contributed by atoms with Crippen LogP contribution >= 0.6 is 0 Å². The Morgan fingerprint density at radius 3 is 2.64 bits per heavy atom. The largest absolute Gasteiger partial charge is 0.351 e. The number of rotatable bonds is 7. The quantitative estimate of drug-likeness (QED) is 0.534. The van der Waals surface area contributed by atoms with Crippen molar-refractivity contribution in [1.82, 2.24) is 10.3 Å². The van der Waals surface area contributed by atoms with Crippen molar-refractivity contribution in [2.75, 3.05) is 13.1 Å². The van der Waals surface area contributed by atoms with Crippen LogP contribution in [-0.2, 0) is 0 Å². The Kier molecular flexibility index (Phi) is 5.48. The van der Waals surface area contributed by atoms with Crippen LogP contribution in [0.4, 0.5) is 0 Å². The highest BCUT2D eigenvalue weighted by atomic mass is 16.1. The van der Waals surface area contributed by atoms with Crippen LogP contribution in [0.2, 0.25) is 0 Å². The third-order valence-corrected chi connectivity index (χ3v) is 4.28. The maximum absolute atomic E-state index is 12.3. The number of fused-ring (bicyclic) bond motifs is 1. The third kappa shape index (κ3) is 4.26. The van der Waals surface area contributed by atoms with Crippen molar-refractivity contribution >= 4 is 16.8 Å². The Labute approximate surface area is 147 Å². The molecular weight excluding hydrogens is 312 g/mol. The van der Waals surface area contributed by atoms with Gasteiger partial charge in [0.15, 0.2) is 0 Å². The second kappa shape index (κ2) is 7.96. The summed E-state index contributed by atoms with van der Waals surface area (Å²) in [5, 5.41) is 3.89. The van der Waals surface area contributed by atoms with Crippen LogP contribution in [0.3, 0.4) is 0 Å². The molecule has 0 radical (unpaired) electrons. The average molecular weight is 336 g/mol. The molecular formula is C20H24N4O. The summed E-state index contributed by atoms with van der Waals surface area (Å²) in [6.07, 6.45) is 1.68. The lowest BCUT2D eigenvalue weighted by atomic mass is 10.0. The Morgan fingerprint density at radius 2 is 1.88 bits per heavy atom. The Bertz CT molecular complexity index is 841. The molecule has 0 saturated carbocycles. The van der Waals surface area contributed by atoms with Crippen molar-refractivity contribution in [2.24, 2.45) is 11.5 Å². The van der Waals surface area contributed by atoms with Gasteiger partial charge in [0.25, 0.3) is 5.91 Å². The fourth-order valence-electron chi connectivity index (χ4n) is 2.86.